The number of pyridine rings is 1. The summed E-state index contributed by atoms with van der Waals surface area (Å²) in [5.41, 5.74) is 4.44. The van der Waals surface area contributed by atoms with Gasteiger partial charge in [0.15, 0.2) is 0 Å². The van der Waals surface area contributed by atoms with E-state index in [1.54, 1.807) is 20.4 Å². The number of hydrogen-bond acceptors (Lipinski definition) is 4. The van der Waals surface area contributed by atoms with Crippen molar-refractivity contribution < 1.29 is 14.3 Å². The second-order valence-electron chi connectivity index (χ2n) is 8.37. The van der Waals surface area contributed by atoms with Crippen LogP contribution in [0.1, 0.15) is 23.5 Å². The maximum atomic E-state index is 12.8. The molecule has 4 aromatic rings. The van der Waals surface area contributed by atoms with E-state index < -0.39 is 0 Å². The average molecular weight is 439 g/mol. The number of carbonyl (C=O) groups excluding carboxylic acids is 1. The number of methoxy groups -OCH3 is 2. The van der Waals surface area contributed by atoms with E-state index in [9.17, 15) is 4.79 Å². The van der Waals surface area contributed by atoms with E-state index in [0.29, 0.717) is 6.54 Å². The molecule has 2 atom stereocenters. The van der Waals surface area contributed by atoms with Crippen LogP contribution < -0.4 is 14.8 Å². The number of ether oxygens (including phenoxy) is 2. The van der Waals surface area contributed by atoms with E-state index in [0.717, 1.165) is 45.4 Å². The SMILES string of the molecule is COc1ccc([C@H]2C[C@@H]2C(=O)NCc2ccc(-c3cccc(OC)c3)c3ccncc23)cc1. The van der Waals surface area contributed by atoms with Gasteiger partial charge in [-0.25, -0.2) is 0 Å². The lowest BCUT2D eigenvalue weighted by atomic mass is 9.96. The third kappa shape index (κ3) is 4.27. The Morgan fingerprint density at radius 1 is 0.970 bits per heavy atom. The molecule has 3 aromatic carbocycles. The minimum Gasteiger partial charge on any atom is -0.497 e. The number of benzene rings is 3. The van der Waals surface area contributed by atoms with Crippen LogP contribution in [-0.2, 0) is 11.3 Å². The predicted molar refractivity (Wildman–Crippen MR) is 129 cm³/mol. The lowest BCUT2D eigenvalue weighted by molar-refractivity contribution is -0.122. The third-order valence-electron chi connectivity index (χ3n) is 6.41. The van der Waals surface area contributed by atoms with Crippen molar-refractivity contribution >= 4 is 16.7 Å². The molecule has 0 unspecified atom stereocenters. The zero-order valence-electron chi connectivity index (χ0n) is 18.7. The van der Waals surface area contributed by atoms with Gasteiger partial charge in [-0.15, -0.1) is 0 Å². The highest BCUT2D eigenvalue weighted by molar-refractivity contribution is 5.98. The van der Waals surface area contributed by atoms with E-state index in [1.165, 1.54) is 5.56 Å². The molecule has 0 saturated heterocycles. The van der Waals surface area contributed by atoms with Crippen molar-refractivity contribution in [1.82, 2.24) is 10.3 Å². The molecule has 5 nitrogen and oxygen atoms in total. The summed E-state index contributed by atoms with van der Waals surface area (Å²) in [6, 6.07) is 22.2. The number of carbonyl (C=O) groups is 1. The molecule has 1 saturated carbocycles. The summed E-state index contributed by atoms with van der Waals surface area (Å²) in [7, 11) is 3.33. The number of nitrogens with one attached hydrogen (secondary N) is 1. The molecule has 0 radical (unpaired) electrons. The summed E-state index contributed by atoms with van der Waals surface area (Å²) >= 11 is 0. The van der Waals surface area contributed by atoms with Gasteiger partial charge in [-0.05, 0) is 70.3 Å². The lowest BCUT2D eigenvalue weighted by Crippen LogP contribution is -2.25. The van der Waals surface area contributed by atoms with E-state index in [4.69, 9.17) is 9.47 Å². The molecule has 33 heavy (non-hydrogen) atoms. The molecule has 0 aliphatic heterocycles. The molecule has 5 heteroatoms. The van der Waals surface area contributed by atoms with Gasteiger partial charge in [0.05, 0.1) is 14.2 Å². The van der Waals surface area contributed by atoms with Gasteiger partial charge in [-0.3, -0.25) is 9.78 Å². The Bertz CT molecular complexity index is 1300. The van der Waals surface area contributed by atoms with Gasteiger partial charge in [-0.1, -0.05) is 36.4 Å². The van der Waals surface area contributed by atoms with Crippen molar-refractivity contribution in [2.24, 2.45) is 5.92 Å². The number of rotatable bonds is 7. The van der Waals surface area contributed by atoms with Crippen molar-refractivity contribution in [2.45, 2.75) is 18.9 Å². The standard InChI is InChI=1S/C28H26N2O3/c1-32-21-9-6-18(7-10-21)25-15-26(25)28(31)30-16-20-8-11-23(24-12-13-29-17-27(20)24)19-4-3-5-22(14-19)33-2/h3-14,17,25-26H,15-16H2,1-2H3,(H,30,31)/t25-,26+/m1/s1. The van der Waals surface area contributed by atoms with Crippen LogP contribution in [0.5, 0.6) is 11.5 Å². The fourth-order valence-corrected chi connectivity index (χ4v) is 4.46. The normalized spacial score (nSPS) is 16.9. The molecule has 1 aliphatic carbocycles. The van der Waals surface area contributed by atoms with Gasteiger partial charge in [0.1, 0.15) is 11.5 Å². The molecule has 1 aliphatic rings. The minimum absolute atomic E-state index is 0.0267. The Balaban J connectivity index is 1.32. The quantitative estimate of drug-likeness (QED) is 0.423. The molecule has 1 fully saturated rings. The van der Waals surface area contributed by atoms with E-state index in [1.807, 2.05) is 54.7 Å². The first-order valence-corrected chi connectivity index (χ1v) is 11.1. The lowest BCUT2D eigenvalue weighted by Gasteiger charge is -2.13. The summed E-state index contributed by atoms with van der Waals surface area (Å²) in [5.74, 6) is 2.06. The summed E-state index contributed by atoms with van der Waals surface area (Å²) in [6.07, 6.45) is 4.56. The Morgan fingerprint density at radius 2 is 1.79 bits per heavy atom. The molecule has 1 N–H and O–H groups in total. The zero-order valence-corrected chi connectivity index (χ0v) is 18.7. The molecule has 1 aromatic heterocycles. The van der Waals surface area contributed by atoms with Crippen molar-refractivity contribution in [3.63, 3.8) is 0 Å². The fourth-order valence-electron chi connectivity index (χ4n) is 4.46. The maximum Gasteiger partial charge on any atom is 0.224 e. The topological polar surface area (TPSA) is 60.5 Å². The summed E-state index contributed by atoms with van der Waals surface area (Å²) in [5, 5.41) is 5.29. The van der Waals surface area contributed by atoms with Crippen LogP contribution in [0.15, 0.2) is 79.1 Å². The molecule has 166 valence electrons. The van der Waals surface area contributed by atoms with Gasteiger partial charge in [0, 0.05) is 30.2 Å². The highest BCUT2D eigenvalue weighted by Crippen LogP contribution is 2.47. The summed E-state index contributed by atoms with van der Waals surface area (Å²) in [4.78, 5) is 17.1. The molecule has 5 rings (SSSR count). The number of fused-ring (bicyclic) bond motifs is 1. The van der Waals surface area contributed by atoms with Gasteiger partial charge in [-0.2, -0.15) is 0 Å². The highest BCUT2D eigenvalue weighted by Gasteiger charge is 2.43. The van der Waals surface area contributed by atoms with Gasteiger partial charge in [0.2, 0.25) is 5.91 Å². The van der Waals surface area contributed by atoms with Crippen LogP contribution in [0.4, 0.5) is 0 Å². The second kappa shape index (κ2) is 8.94. The van der Waals surface area contributed by atoms with Crippen molar-refractivity contribution in [3.05, 3.63) is 90.3 Å². The van der Waals surface area contributed by atoms with Gasteiger partial charge in [0.25, 0.3) is 0 Å². The van der Waals surface area contributed by atoms with Crippen LogP contribution in [-0.4, -0.2) is 25.1 Å². The van der Waals surface area contributed by atoms with Crippen molar-refractivity contribution in [3.8, 4) is 22.6 Å². The minimum atomic E-state index is 0.0267. The van der Waals surface area contributed by atoms with Gasteiger partial charge < -0.3 is 14.8 Å². The smallest absolute Gasteiger partial charge is 0.224 e. The predicted octanol–water partition coefficient (Wildman–Crippen LogP) is 5.34. The van der Waals surface area contributed by atoms with E-state index in [2.05, 4.69) is 28.5 Å². The Morgan fingerprint density at radius 3 is 2.58 bits per heavy atom. The largest absolute Gasteiger partial charge is 0.497 e. The fraction of sp³-hybridized carbons (Fsp3) is 0.214. The monoisotopic (exact) mass is 438 g/mol. The number of nitrogens with zero attached hydrogens (tertiary/aromatic N) is 1. The first kappa shape index (κ1) is 21.0. The third-order valence-corrected chi connectivity index (χ3v) is 6.41. The zero-order chi connectivity index (χ0) is 22.8. The van der Waals surface area contributed by atoms with Crippen LogP contribution in [0, 0.1) is 5.92 Å². The molecule has 1 heterocycles. The van der Waals surface area contributed by atoms with Crippen LogP contribution in [0.3, 0.4) is 0 Å². The Kier molecular flexibility index (Phi) is 5.69. The van der Waals surface area contributed by atoms with Crippen molar-refractivity contribution in [2.75, 3.05) is 14.2 Å². The number of hydrogen-bond donors (Lipinski definition) is 1. The molecule has 1 amide bonds. The molecular formula is C28H26N2O3. The Hall–Kier alpha value is -3.86. The van der Waals surface area contributed by atoms with Crippen LogP contribution in [0.2, 0.25) is 0 Å². The first-order chi connectivity index (χ1) is 16.2. The maximum absolute atomic E-state index is 12.8. The first-order valence-electron chi connectivity index (χ1n) is 11.1. The van der Waals surface area contributed by atoms with Crippen LogP contribution in [0.25, 0.3) is 21.9 Å². The molecule has 0 bridgehead atoms. The van der Waals surface area contributed by atoms with E-state index >= 15 is 0 Å². The highest BCUT2D eigenvalue weighted by atomic mass is 16.5. The Labute approximate surface area is 193 Å². The number of amides is 1. The van der Waals surface area contributed by atoms with Crippen molar-refractivity contribution in [1.29, 1.82) is 0 Å². The van der Waals surface area contributed by atoms with E-state index in [-0.39, 0.29) is 17.7 Å². The summed E-state index contributed by atoms with van der Waals surface area (Å²) in [6.45, 7) is 0.477. The summed E-state index contributed by atoms with van der Waals surface area (Å²) < 4.78 is 10.6. The number of aromatic nitrogens is 1. The second-order valence-corrected chi connectivity index (χ2v) is 8.37. The average Bonchev–Trinajstić information content (AvgIpc) is 3.68. The van der Waals surface area contributed by atoms with Gasteiger partial charge >= 0.3 is 0 Å². The molecular weight excluding hydrogens is 412 g/mol. The van der Waals surface area contributed by atoms with Crippen LogP contribution >= 0.6 is 0 Å². The molecule has 0 spiro atoms.